The summed E-state index contributed by atoms with van der Waals surface area (Å²) in [5.41, 5.74) is 1.13. The average molecular weight is 387 g/mol. The van der Waals surface area contributed by atoms with Crippen molar-refractivity contribution in [1.82, 2.24) is 0 Å². The number of aldehydes is 2. The van der Waals surface area contributed by atoms with E-state index in [1.807, 2.05) is 30.3 Å². The molecule has 0 saturated carbocycles. The van der Waals surface area contributed by atoms with Crippen LogP contribution in [0, 0.1) is 0 Å². The van der Waals surface area contributed by atoms with Crippen LogP contribution in [0.1, 0.15) is 19.3 Å². The minimum absolute atomic E-state index is 0.722. The van der Waals surface area contributed by atoms with E-state index < -0.39 is 0 Å². The molecule has 4 rings (SSSR count). The van der Waals surface area contributed by atoms with Gasteiger partial charge < -0.3 is 0 Å². The van der Waals surface area contributed by atoms with Gasteiger partial charge in [0.1, 0.15) is 0 Å². The molecular weight excluding hydrogens is 376 g/mol. The van der Waals surface area contributed by atoms with Crippen LogP contribution in [0.2, 0.25) is 0 Å². The number of hydrogen-bond donors (Lipinski definition) is 0. The lowest BCUT2D eigenvalue weighted by atomic mass is 10.2. The molecule has 0 N–H and O–H groups in total. The molecule has 0 aliphatic heterocycles. The van der Waals surface area contributed by atoms with Crippen molar-refractivity contribution >= 4 is 57.9 Å². The van der Waals surface area contributed by atoms with Crippen molar-refractivity contribution in [3.63, 3.8) is 0 Å². The van der Waals surface area contributed by atoms with Crippen LogP contribution in [-0.4, -0.2) is 12.6 Å². The summed E-state index contributed by atoms with van der Waals surface area (Å²) in [6, 6.07) is 14.0. The van der Waals surface area contributed by atoms with Gasteiger partial charge >= 0.3 is 0 Å². The molecule has 0 atom stereocenters. The Morgan fingerprint density at radius 1 is 0.708 bits per heavy atom. The third-order valence-electron chi connectivity index (χ3n) is 3.47. The zero-order valence-corrected chi connectivity index (χ0v) is 15.5. The van der Waals surface area contributed by atoms with Crippen LogP contribution in [-0.2, 0) is 0 Å². The van der Waals surface area contributed by atoms with Crippen LogP contribution in [0.4, 0.5) is 0 Å². The minimum atomic E-state index is 0.722. The zero-order valence-electron chi connectivity index (χ0n) is 12.2. The fraction of sp³-hybridized carbons (Fsp3) is 0. The summed E-state index contributed by atoms with van der Waals surface area (Å²) in [6.45, 7) is 0. The van der Waals surface area contributed by atoms with Crippen LogP contribution in [0.25, 0.3) is 29.9 Å². The molecule has 0 amide bonds. The second-order valence-electron chi connectivity index (χ2n) is 4.97. The van der Waals surface area contributed by atoms with Gasteiger partial charge in [0.25, 0.3) is 0 Å². The number of carbonyl (C=O) groups is 2. The highest BCUT2D eigenvalue weighted by molar-refractivity contribution is 7.27. The maximum atomic E-state index is 11.0. The first-order chi connectivity index (χ1) is 11.8. The number of rotatable bonds is 5. The molecule has 0 bridgehead atoms. The highest BCUT2D eigenvalue weighted by atomic mass is 32.1. The normalized spacial score (nSPS) is 10.8. The van der Waals surface area contributed by atoms with Crippen molar-refractivity contribution in [3.05, 3.63) is 57.6 Å². The van der Waals surface area contributed by atoms with Crippen LogP contribution in [0.15, 0.2) is 47.8 Å². The average Bonchev–Trinajstić information content (AvgIpc) is 3.40. The molecule has 0 aliphatic carbocycles. The van der Waals surface area contributed by atoms with Crippen LogP contribution >= 0.6 is 45.3 Å². The summed E-state index contributed by atoms with van der Waals surface area (Å²) in [4.78, 5) is 29.2. The summed E-state index contributed by atoms with van der Waals surface area (Å²) in [5.74, 6) is 0. The molecule has 0 aliphatic rings. The van der Waals surface area contributed by atoms with E-state index in [1.54, 1.807) is 22.7 Å². The first-order valence-electron chi connectivity index (χ1n) is 7.07. The molecule has 4 heterocycles. The Bertz CT molecular complexity index is 938. The standard InChI is InChI=1S/C18H10O2S4/c19-9-11-3-5-14(22-11)13-8-17(15-2-1-7-21-15)24-18(13)16-6-4-12(10-20)23-16/h1-10H. The third-order valence-corrected chi connectivity index (χ3v) is 7.91. The van der Waals surface area contributed by atoms with Gasteiger partial charge in [-0.2, -0.15) is 0 Å². The second-order valence-corrected chi connectivity index (χ2v) is 9.20. The molecule has 4 aromatic heterocycles. The number of thiophene rings is 4. The number of hydrogen-bond acceptors (Lipinski definition) is 6. The lowest BCUT2D eigenvalue weighted by Crippen LogP contribution is -1.70. The van der Waals surface area contributed by atoms with E-state index in [1.165, 1.54) is 32.4 Å². The first-order valence-corrected chi connectivity index (χ1v) is 10.4. The van der Waals surface area contributed by atoms with Gasteiger partial charge in [0.2, 0.25) is 0 Å². The van der Waals surface area contributed by atoms with Gasteiger partial charge in [-0.15, -0.1) is 45.3 Å². The van der Waals surface area contributed by atoms with E-state index in [0.717, 1.165) is 42.5 Å². The van der Waals surface area contributed by atoms with E-state index >= 15 is 0 Å². The summed E-state index contributed by atoms with van der Waals surface area (Å²) in [5, 5.41) is 2.07. The van der Waals surface area contributed by atoms with Crippen LogP contribution in [0.3, 0.4) is 0 Å². The fourth-order valence-corrected chi connectivity index (χ4v) is 6.25. The van der Waals surface area contributed by atoms with Crippen LogP contribution in [0.5, 0.6) is 0 Å². The minimum Gasteiger partial charge on any atom is -0.297 e. The predicted octanol–water partition coefficient (Wildman–Crippen LogP) is 6.56. The summed E-state index contributed by atoms with van der Waals surface area (Å²) in [6.07, 6.45) is 1.77. The van der Waals surface area contributed by atoms with Gasteiger partial charge in [0.15, 0.2) is 12.6 Å². The Kier molecular flexibility index (Phi) is 4.28. The van der Waals surface area contributed by atoms with Gasteiger partial charge in [-0.1, -0.05) is 6.07 Å². The molecule has 0 unspecified atom stereocenters. The summed E-state index contributed by atoms with van der Waals surface area (Å²) >= 11 is 6.44. The van der Waals surface area contributed by atoms with Crippen molar-refractivity contribution < 1.29 is 9.59 Å². The van der Waals surface area contributed by atoms with E-state index in [2.05, 4.69) is 17.5 Å². The van der Waals surface area contributed by atoms with Crippen LogP contribution < -0.4 is 0 Å². The molecular formula is C18H10O2S4. The second kappa shape index (κ2) is 6.57. The smallest absolute Gasteiger partial charge is 0.160 e. The van der Waals surface area contributed by atoms with Gasteiger partial charge in [-0.3, -0.25) is 9.59 Å². The Morgan fingerprint density at radius 2 is 1.42 bits per heavy atom. The lowest BCUT2D eigenvalue weighted by molar-refractivity contribution is 0.111. The highest BCUT2D eigenvalue weighted by Crippen LogP contribution is 2.47. The molecule has 118 valence electrons. The summed E-state index contributed by atoms with van der Waals surface area (Å²) < 4.78 is 0. The monoisotopic (exact) mass is 386 g/mol. The Morgan fingerprint density at radius 3 is 2.04 bits per heavy atom. The zero-order chi connectivity index (χ0) is 16.5. The largest absolute Gasteiger partial charge is 0.297 e. The van der Waals surface area contributed by atoms with Crippen molar-refractivity contribution in [2.45, 2.75) is 0 Å². The molecule has 0 saturated heterocycles. The topological polar surface area (TPSA) is 34.1 Å². The van der Waals surface area contributed by atoms with Gasteiger partial charge in [0, 0.05) is 25.1 Å². The first kappa shape index (κ1) is 15.7. The Labute approximate surface area is 154 Å². The van der Waals surface area contributed by atoms with Crippen molar-refractivity contribution in [2.24, 2.45) is 0 Å². The van der Waals surface area contributed by atoms with Crippen molar-refractivity contribution in [3.8, 4) is 29.9 Å². The molecule has 2 nitrogen and oxygen atoms in total. The van der Waals surface area contributed by atoms with Crippen molar-refractivity contribution in [1.29, 1.82) is 0 Å². The summed E-state index contributed by atoms with van der Waals surface area (Å²) in [7, 11) is 0. The van der Waals surface area contributed by atoms with Gasteiger partial charge in [-0.25, -0.2) is 0 Å². The molecule has 0 spiro atoms. The third kappa shape index (κ3) is 2.82. The lowest BCUT2D eigenvalue weighted by Gasteiger charge is -1.98. The Balaban J connectivity index is 1.89. The highest BCUT2D eigenvalue weighted by Gasteiger charge is 2.17. The molecule has 4 aromatic rings. The molecule has 0 radical (unpaired) electrons. The molecule has 24 heavy (non-hydrogen) atoms. The predicted molar refractivity (Wildman–Crippen MR) is 105 cm³/mol. The fourth-order valence-electron chi connectivity index (χ4n) is 2.40. The molecule has 0 fully saturated rings. The Hall–Kier alpha value is -1.86. The van der Waals surface area contributed by atoms with E-state index in [-0.39, 0.29) is 0 Å². The maximum absolute atomic E-state index is 11.0. The maximum Gasteiger partial charge on any atom is 0.160 e. The number of carbonyl (C=O) groups excluding carboxylic acids is 2. The molecule has 6 heteroatoms. The van der Waals surface area contributed by atoms with E-state index in [0.29, 0.717) is 0 Å². The van der Waals surface area contributed by atoms with Crippen molar-refractivity contribution in [2.75, 3.05) is 0 Å². The van der Waals surface area contributed by atoms with E-state index in [9.17, 15) is 9.59 Å². The SMILES string of the molecule is O=Cc1ccc(-c2cc(-c3cccs3)sc2-c2ccc(C=O)s2)s1. The quantitative estimate of drug-likeness (QED) is 0.364. The molecule has 0 aromatic carbocycles. The van der Waals surface area contributed by atoms with E-state index in [4.69, 9.17) is 0 Å². The van der Waals surface area contributed by atoms with Gasteiger partial charge in [0.05, 0.1) is 14.6 Å². The van der Waals surface area contributed by atoms with Gasteiger partial charge in [-0.05, 0) is 41.8 Å².